The number of hydrogen-bond acceptors (Lipinski definition) is 3. The molecule has 1 atom stereocenters. The zero-order chi connectivity index (χ0) is 11.8. The molecule has 0 saturated carbocycles. The van der Waals surface area contributed by atoms with Crippen molar-refractivity contribution < 1.29 is 26.0 Å². The third-order valence-electron chi connectivity index (χ3n) is 2.62. The second-order valence-corrected chi connectivity index (χ2v) is 7.34. The molecule has 0 saturated heterocycles. The molecule has 0 aromatic heterocycles. The Bertz CT molecular complexity index is 243. The molecule has 0 aliphatic carbocycles. The second-order valence-electron chi connectivity index (χ2n) is 3.94. The number of nitrogens with one attached hydrogen (secondary N) is 1. The van der Waals surface area contributed by atoms with Gasteiger partial charge in [-0.1, -0.05) is 0 Å². The number of alkyl halides is 2. The number of rotatable bonds is 8. The predicted octanol–water partition coefficient (Wildman–Crippen LogP) is -1.10. The van der Waals surface area contributed by atoms with Crippen LogP contribution in [-0.4, -0.2) is 26.3 Å². The van der Waals surface area contributed by atoms with Gasteiger partial charge in [-0.05, 0) is 0 Å². The summed E-state index contributed by atoms with van der Waals surface area (Å²) in [7, 11) is 0. The van der Waals surface area contributed by atoms with Crippen molar-refractivity contribution in [2.24, 2.45) is 0 Å². The minimum atomic E-state index is 0.234. The van der Waals surface area contributed by atoms with Crippen LogP contribution in [0.15, 0.2) is 11.9 Å². The van der Waals surface area contributed by atoms with Gasteiger partial charge in [-0.2, -0.15) is 0 Å². The van der Waals surface area contributed by atoms with Gasteiger partial charge in [0.1, 0.15) is 0 Å². The Balaban J connectivity index is 2.31. The normalized spacial score (nSPS) is 17.1. The van der Waals surface area contributed by atoms with Crippen LogP contribution in [0.1, 0.15) is 39.5 Å². The van der Waals surface area contributed by atoms with Crippen LogP contribution >= 0.6 is 0 Å². The molecule has 0 bridgehead atoms. The number of nitrogens with zero attached hydrogens (tertiary/aromatic N) is 1. The van der Waals surface area contributed by atoms with E-state index in [-0.39, 0.29) is 21.2 Å². The van der Waals surface area contributed by atoms with Crippen LogP contribution < -0.4 is 26.5 Å². The summed E-state index contributed by atoms with van der Waals surface area (Å²) in [4.78, 5) is 12.9. The molecule has 16 heavy (non-hydrogen) atoms. The van der Waals surface area contributed by atoms with E-state index in [2.05, 4.69) is 24.1 Å². The van der Waals surface area contributed by atoms with Crippen LogP contribution in [0.25, 0.3) is 0 Å². The molecule has 0 spiro atoms. The first kappa shape index (κ1) is 13.8. The van der Waals surface area contributed by atoms with Crippen molar-refractivity contribution in [3.8, 4) is 0 Å². The Morgan fingerprint density at radius 1 is 1.56 bits per heavy atom. The van der Waals surface area contributed by atoms with Gasteiger partial charge < -0.3 is 0 Å². The number of allylic oxidation sites excluding steroid dienone is 1. The minimum absolute atomic E-state index is 0.234. The fourth-order valence-corrected chi connectivity index (χ4v) is 4.87. The van der Waals surface area contributed by atoms with Crippen LogP contribution in [0.5, 0.6) is 0 Å². The molecule has 0 unspecified atom stereocenters. The Morgan fingerprint density at radius 2 is 2.38 bits per heavy atom. The van der Waals surface area contributed by atoms with Gasteiger partial charge in [-0.25, -0.2) is 0 Å². The van der Waals surface area contributed by atoms with Crippen LogP contribution in [0.4, 0.5) is 0 Å². The number of hydrogen-bond donors (Lipinski definition) is 1. The quantitative estimate of drug-likeness (QED) is 0.201. The molecule has 0 radical (unpaired) electrons. The van der Waals surface area contributed by atoms with Crippen LogP contribution in [0.3, 0.4) is 0 Å². The third-order valence-corrected chi connectivity index (χ3v) is 6.62. The van der Waals surface area contributed by atoms with E-state index in [0.29, 0.717) is 4.05 Å². The number of carbonyl (C=O) groups is 1. The molecule has 1 aliphatic heterocycles. The van der Waals surface area contributed by atoms with E-state index in [0.717, 1.165) is 18.7 Å². The van der Waals surface area contributed by atoms with Crippen molar-refractivity contribution in [1.82, 2.24) is 10.2 Å². The van der Waals surface area contributed by atoms with Gasteiger partial charge in [0.15, 0.2) is 0 Å². The molecule has 1 N–H and O–H groups in total. The number of carbonyl (C=O) groups excluding carboxylic acids is 1. The molecule has 3 nitrogen and oxygen atoms in total. The van der Waals surface area contributed by atoms with Gasteiger partial charge in [0.2, 0.25) is 0 Å². The molecular formula is C12H22IN2O-. The van der Waals surface area contributed by atoms with Crippen LogP contribution in [0, 0.1) is 0 Å². The summed E-state index contributed by atoms with van der Waals surface area (Å²) in [6.45, 7) is 5.32. The topological polar surface area (TPSA) is 32.3 Å². The molecule has 4 heteroatoms. The zero-order valence-corrected chi connectivity index (χ0v) is 12.4. The predicted molar refractivity (Wildman–Crippen MR) is 62.5 cm³/mol. The Labute approximate surface area is 109 Å². The summed E-state index contributed by atoms with van der Waals surface area (Å²) in [6, 6.07) is 0. The monoisotopic (exact) mass is 337 g/mol. The van der Waals surface area contributed by atoms with Crippen molar-refractivity contribution in [2.75, 3.05) is 11.1 Å². The van der Waals surface area contributed by atoms with E-state index >= 15 is 0 Å². The molecule has 0 aromatic carbocycles. The number of aldehydes is 1. The van der Waals surface area contributed by atoms with Gasteiger partial charge in [0, 0.05) is 0 Å². The summed E-state index contributed by atoms with van der Waals surface area (Å²) in [5.41, 5.74) is 0.732. The summed E-state index contributed by atoms with van der Waals surface area (Å²) >= 11 is 0.234. The zero-order valence-electron chi connectivity index (χ0n) is 10.2. The maximum absolute atomic E-state index is 10.6. The summed E-state index contributed by atoms with van der Waals surface area (Å²) in [5.74, 6) is 0. The van der Waals surface area contributed by atoms with E-state index in [9.17, 15) is 4.79 Å². The molecule has 0 amide bonds. The first-order chi connectivity index (χ1) is 7.81. The fourth-order valence-electron chi connectivity index (χ4n) is 1.68. The molecular weight excluding hydrogens is 315 g/mol. The van der Waals surface area contributed by atoms with Crippen LogP contribution in [-0.2, 0) is 4.79 Å². The van der Waals surface area contributed by atoms with Gasteiger partial charge in [0.05, 0.1) is 0 Å². The van der Waals surface area contributed by atoms with E-state index in [1.165, 1.54) is 30.1 Å². The maximum atomic E-state index is 10.6. The van der Waals surface area contributed by atoms with E-state index in [4.69, 9.17) is 0 Å². The van der Waals surface area contributed by atoms with Gasteiger partial charge in [-0.3, -0.25) is 0 Å². The standard InChI is InChI=1S/C12H22IN2O/c1-3-5-6-7-13-12(4-2)15-8-11(9-16)14-10-15/h8-9,12,14H,3-7,10H2,1-2H3/q-1/t12-/m0/s1. The van der Waals surface area contributed by atoms with Gasteiger partial charge >= 0.3 is 109 Å². The molecule has 0 aromatic rings. The SMILES string of the molecule is CCCCC[I-][C@H](CC)N1C=C(C=O)NC1. The molecule has 1 aliphatic rings. The van der Waals surface area contributed by atoms with Crippen molar-refractivity contribution in [3.63, 3.8) is 0 Å². The number of unbranched alkanes of at least 4 members (excludes halogenated alkanes) is 2. The second kappa shape index (κ2) is 7.92. The van der Waals surface area contributed by atoms with Crippen LogP contribution in [0.2, 0.25) is 0 Å². The van der Waals surface area contributed by atoms with Gasteiger partial charge in [0.25, 0.3) is 0 Å². The molecule has 1 heterocycles. The van der Waals surface area contributed by atoms with Crippen molar-refractivity contribution in [2.45, 2.75) is 43.6 Å². The fraction of sp³-hybridized carbons (Fsp3) is 0.750. The van der Waals surface area contributed by atoms with E-state index in [1.807, 2.05) is 6.20 Å². The Kier molecular flexibility index (Phi) is 6.84. The summed E-state index contributed by atoms with van der Waals surface area (Å²) in [5, 5.41) is 3.11. The molecule has 94 valence electrons. The first-order valence-corrected chi connectivity index (χ1v) is 8.83. The summed E-state index contributed by atoms with van der Waals surface area (Å²) < 4.78 is 2.10. The Hall–Kier alpha value is -0.260. The van der Waals surface area contributed by atoms with Crippen molar-refractivity contribution >= 4 is 6.29 Å². The average molecular weight is 337 g/mol. The van der Waals surface area contributed by atoms with E-state index in [1.54, 1.807) is 0 Å². The van der Waals surface area contributed by atoms with Gasteiger partial charge in [-0.15, -0.1) is 0 Å². The van der Waals surface area contributed by atoms with Crippen molar-refractivity contribution in [1.29, 1.82) is 0 Å². The van der Waals surface area contributed by atoms with Crippen molar-refractivity contribution in [3.05, 3.63) is 11.9 Å². The molecule has 1 rings (SSSR count). The average Bonchev–Trinajstić information content (AvgIpc) is 2.78. The first-order valence-electron chi connectivity index (χ1n) is 6.06. The Morgan fingerprint density at radius 3 is 2.94 bits per heavy atom. The third kappa shape index (κ3) is 4.31. The molecule has 0 fully saturated rings. The number of halogens is 1. The van der Waals surface area contributed by atoms with E-state index < -0.39 is 0 Å². The summed E-state index contributed by atoms with van der Waals surface area (Å²) in [6.07, 6.45) is 8.14.